The van der Waals surface area contributed by atoms with Crippen LogP contribution in [0, 0.1) is 5.82 Å². The molecule has 20 heavy (non-hydrogen) atoms. The number of benzene rings is 1. The van der Waals surface area contributed by atoms with Gasteiger partial charge in [-0.05, 0) is 39.8 Å². The molecule has 0 saturated carbocycles. The highest BCUT2D eigenvalue weighted by Gasteiger charge is 2.34. The third-order valence-corrected chi connectivity index (χ3v) is 3.23. The number of carbonyl (C=O) groups is 1. The normalized spacial score (nSPS) is 14.1. The molecule has 0 aromatic heterocycles. The molecule has 112 valence electrons. The van der Waals surface area contributed by atoms with Crippen molar-refractivity contribution in [1.29, 1.82) is 0 Å². The van der Waals surface area contributed by atoms with E-state index in [1.54, 1.807) is 25.1 Å². The van der Waals surface area contributed by atoms with Crippen molar-refractivity contribution in [3.8, 4) is 0 Å². The summed E-state index contributed by atoms with van der Waals surface area (Å²) in [5.41, 5.74) is 5.09. The summed E-state index contributed by atoms with van der Waals surface area (Å²) in [6.07, 6.45) is 0. The molecule has 0 aliphatic carbocycles. The van der Waals surface area contributed by atoms with E-state index >= 15 is 0 Å². The maximum atomic E-state index is 13.9. The number of halogens is 1. The molecule has 0 aliphatic heterocycles. The molecule has 4 nitrogen and oxygen atoms in total. The van der Waals surface area contributed by atoms with Crippen LogP contribution in [0.5, 0.6) is 0 Å². The van der Waals surface area contributed by atoms with Crippen molar-refractivity contribution in [2.24, 2.45) is 5.73 Å². The second-order valence-electron chi connectivity index (χ2n) is 5.46. The first-order valence-corrected chi connectivity index (χ1v) is 6.87. The first-order valence-electron chi connectivity index (χ1n) is 6.87. The summed E-state index contributed by atoms with van der Waals surface area (Å²) in [5.74, 6) is -0.744. The number of primary amides is 1. The second kappa shape index (κ2) is 6.70. The lowest BCUT2D eigenvalue weighted by atomic mass is 9.99. The summed E-state index contributed by atoms with van der Waals surface area (Å²) in [6.45, 7) is 8.46. The van der Waals surface area contributed by atoms with Gasteiger partial charge in [0.25, 0.3) is 0 Å². The Kier molecular flexibility index (Phi) is 5.51. The molecule has 0 aliphatic rings. The quantitative estimate of drug-likeness (QED) is 0.802. The van der Waals surface area contributed by atoms with E-state index in [1.807, 2.05) is 25.7 Å². The van der Waals surface area contributed by atoms with Crippen molar-refractivity contribution in [1.82, 2.24) is 5.32 Å². The number of nitrogens with zero attached hydrogens (tertiary/aromatic N) is 1. The highest BCUT2D eigenvalue weighted by atomic mass is 19.1. The number of carbonyl (C=O) groups excluding carboxylic acids is 1. The molecule has 0 radical (unpaired) electrons. The van der Waals surface area contributed by atoms with Gasteiger partial charge in [-0.2, -0.15) is 0 Å². The van der Waals surface area contributed by atoms with Crippen molar-refractivity contribution in [2.45, 2.75) is 39.3 Å². The topological polar surface area (TPSA) is 58.4 Å². The van der Waals surface area contributed by atoms with Crippen molar-refractivity contribution in [3.63, 3.8) is 0 Å². The number of rotatable bonds is 7. The molecule has 1 atom stereocenters. The molecule has 5 heteroatoms. The number of anilines is 1. The van der Waals surface area contributed by atoms with Crippen molar-refractivity contribution >= 4 is 11.6 Å². The zero-order valence-corrected chi connectivity index (χ0v) is 12.6. The summed E-state index contributed by atoms with van der Waals surface area (Å²) in [6, 6.07) is 6.64. The maximum Gasteiger partial charge on any atom is 0.239 e. The van der Waals surface area contributed by atoms with E-state index in [-0.39, 0.29) is 11.9 Å². The number of hydrogen-bond donors (Lipinski definition) is 2. The fraction of sp³-hybridized carbons (Fsp3) is 0.533. The molecule has 1 aromatic rings. The van der Waals surface area contributed by atoms with Gasteiger partial charge in [-0.3, -0.25) is 10.1 Å². The van der Waals surface area contributed by atoms with Gasteiger partial charge in [0.1, 0.15) is 11.4 Å². The number of nitrogens with one attached hydrogen (secondary N) is 1. The van der Waals surface area contributed by atoms with Crippen LogP contribution in [0.15, 0.2) is 24.3 Å². The lowest BCUT2D eigenvalue weighted by Gasteiger charge is -2.36. The number of amides is 1. The Hall–Kier alpha value is -1.62. The van der Waals surface area contributed by atoms with E-state index in [0.29, 0.717) is 18.8 Å². The number of likely N-dealkylation sites (N-methyl/N-ethyl adjacent to an activating group) is 1. The predicted octanol–water partition coefficient (Wildman–Crippen LogP) is 1.89. The predicted molar refractivity (Wildman–Crippen MR) is 80.2 cm³/mol. The van der Waals surface area contributed by atoms with Crippen LogP contribution in [0.3, 0.4) is 0 Å². The molecule has 3 N–H and O–H groups in total. The average molecular weight is 281 g/mol. The van der Waals surface area contributed by atoms with E-state index in [1.165, 1.54) is 6.07 Å². The zero-order valence-electron chi connectivity index (χ0n) is 12.6. The molecule has 0 heterocycles. The summed E-state index contributed by atoms with van der Waals surface area (Å²) < 4.78 is 13.9. The van der Waals surface area contributed by atoms with E-state index < -0.39 is 11.4 Å². The minimum atomic E-state index is -0.910. The lowest BCUT2D eigenvalue weighted by molar-refractivity contribution is -0.123. The van der Waals surface area contributed by atoms with Crippen LogP contribution in [0.4, 0.5) is 10.1 Å². The highest BCUT2D eigenvalue weighted by molar-refractivity contribution is 5.85. The van der Waals surface area contributed by atoms with E-state index in [9.17, 15) is 9.18 Å². The molecular formula is C15H24FN3O. The first-order chi connectivity index (χ1) is 9.30. The summed E-state index contributed by atoms with van der Waals surface area (Å²) in [5, 5.41) is 3.17. The molecule has 1 amide bonds. The van der Waals surface area contributed by atoms with Crippen LogP contribution in [-0.4, -0.2) is 30.6 Å². The third kappa shape index (κ3) is 3.93. The summed E-state index contributed by atoms with van der Waals surface area (Å²) >= 11 is 0. The average Bonchev–Trinajstić information content (AvgIpc) is 2.36. The summed E-state index contributed by atoms with van der Waals surface area (Å²) in [4.78, 5) is 13.6. The van der Waals surface area contributed by atoms with Crippen molar-refractivity contribution in [3.05, 3.63) is 30.1 Å². The summed E-state index contributed by atoms with van der Waals surface area (Å²) in [7, 11) is 0. The monoisotopic (exact) mass is 281 g/mol. The maximum absolute atomic E-state index is 13.9. The minimum absolute atomic E-state index is 0.104. The number of para-hydroxylation sites is 1. The van der Waals surface area contributed by atoms with Crippen molar-refractivity contribution in [2.75, 3.05) is 18.0 Å². The molecule has 0 fully saturated rings. The number of hydrogen-bond acceptors (Lipinski definition) is 3. The van der Waals surface area contributed by atoms with Crippen LogP contribution >= 0.6 is 0 Å². The van der Waals surface area contributed by atoms with Gasteiger partial charge in [0.2, 0.25) is 5.91 Å². The minimum Gasteiger partial charge on any atom is -0.368 e. The van der Waals surface area contributed by atoms with E-state index in [0.717, 1.165) is 0 Å². The fourth-order valence-electron chi connectivity index (χ4n) is 2.29. The van der Waals surface area contributed by atoms with Gasteiger partial charge in [0, 0.05) is 19.1 Å². The SMILES string of the molecule is CCN(CC(C)(NC(C)C)C(N)=O)c1ccccc1F. The molecule has 0 spiro atoms. The Morgan fingerprint density at radius 1 is 1.45 bits per heavy atom. The Balaban J connectivity index is 3.01. The zero-order chi connectivity index (χ0) is 15.3. The second-order valence-corrected chi connectivity index (χ2v) is 5.46. The van der Waals surface area contributed by atoms with Gasteiger partial charge in [0.05, 0.1) is 5.69 Å². The van der Waals surface area contributed by atoms with Crippen LogP contribution in [0.1, 0.15) is 27.7 Å². The first kappa shape index (κ1) is 16.4. The Morgan fingerprint density at radius 3 is 2.50 bits per heavy atom. The van der Waals surface area contributed by atoms with E-state index in [4.69, 9.17) is 5.73 Å². The van der Waals surface area contributed by atoms with Gasteiger partial charge in [0.15, 0.2) is 0 Å². The van der Waals surface area contributed by atoms with Gasteiger partial charge >= 0.3 is 0 Å². The molecule has 0 saturated heterocycles. The highest BCUT2D eigenvalue weighted by Crippen LogP contribution is 2.21. The van der Waals surface area contributed by atoms with Crippen LogP contribution in [0.25, 0.3) is 0 Å². The molecule has 1 aromatic carbocycles. The number of nitrogens with two attached hydrogens (primary N) is 1. The molecular weight excluding hydrogens is 257 g/mol. The fourth-order valence-corrected chi connectivity index (χ4v) is 2.29. The van der Waals surface area contributed by atoms with E-state index in [2.05, 4.69) is 5.32 Å². The van der Waals surface area contributed by atoms with Crippen LogP contribution in [-0.2, 0) is 4.79 Å². The smallest absolute Gasteiger partial charge is 0.239 e. The third-order valence-electron chi connectivity index (χ3n) is 3.23. The Bertz CT molecular complexity index is 464. The molecule has 1 unspecified atom stereocenters. The van der Waals surface area contributed by atoms with Crippen LogP contribution < -0.4 is 16.0 Å². The van der Waals surface area contributed by atoms with Gasteiger partial charge in [-0.1, -0.05) is 12.1 Å². The largest absolute Gasteiger partial charge is 0.368 e. The molecule has 0 bridgehead atoms. The van der Waals surface area contributed by atoms with Gasteiger partial charge < -0.3 is 10.6 Å². The van der Waals surface area contributed by atoms with Gasteiger partial charge in [-0.15, -0.1) is 0 Å². The van der Waals surface area contributed by atoms with Gasteiger partial charge in [-0.25, -0.2) is 4.39 Å². The Labute approximate surface area is 120 Å². The lowest BCUT2D eigenvalue weighted by Crippen LogP contribution is -2.61. The van der Waals surface area contributed by atoms with Crippen LogP contribution in [0.2, 0.25) is 0 Å². The Morgan fingerprint density at radius 2 is 2.05 bits per heavy atom. The van der Waals surface area contributed by atoms with Crippen molar-refractivity contribution < 1.29 is 9.18 Å². The standard InChI is InChI=1S/C15H24FN3O/c1-5-19(13-9-7-6-8-12(13)16)10-15(4,14(17)20)18-11(2)3/h6-9,11,18H,5,10H2,1-4H3,(H2,17,20). The molecule has 1 rings (SSSR count).